The second kappa shape index (κ2) is 5.10. The van der Waals surface area contributed by atoms with Crippen LogP contribution in [0.5, 0.6) is 0 Å². The van der Waals surface area contributed by atoms with Crippen LogP contribution in [0.4, 0.5) is 26.3 Å². The lowest BCUT2D eigenvalue weighted by Gasteiger charge is -2.20. The van der Waals surface area contributed by atoms with Crippen molar-refractivity contribution < 1.29 is 26.3 Å². The largest absolute Gasteiger partial charge is 0.421 e. The van der Waals surface area contributed by atoms with Gasteiger partial charge in [0, 0.05) is 0 Å². The summed E-state index contributed by atoms with van der Waals surface area (Å²) >= 11 is 0. The van der Waals surface area contributed by atoms with Gasteiger partial charge in [-0.1, -0.05) is 26.8 Å². The van der Waals surface area contributed by atoms with Crippen molar-refractivity contribution in [2.24, 2.45) is 11.8 Å². The zero-order valence-electron chi connectivity index (χ0n) is 9.21. The quantitative estimate of drug-likeness (QED) is 0.500. The van der Waals surface area contributed by atoms with Crippen LogP contribution in [-0.4, -0.2) is 12.4 Å². The first-order chi connectivity index (χ1) is 7.00. The van der Waals surface area contributed by atoms with Crippen molar-refractivity contribution in [2.75, 3.05) is 0 Å². The first-order valence-corrected chi connectivity index (χ1v) is 4.86. The fourth-order valence-electron chi connectivity index (χ4n) is 1.35. The minimum Gasteiger partial charge on any atom is -0.166 e. The Hall–Kier alpha value is -0.680. The molecule has 0 heterocycles. The van der Waals surface area contributed by atoms with Crippen LogP contribution < -0.4 is 0 Å². The van der Waals surface area contributed by atoms with Crippen LogP contribution in [-0.2, 0) is 0 Å². The molecule has 0 nitrogen and oxygen atoms in total. The Kier molecular flexibility index (Phi) is 4.88. The Labute approximate surface area is 90.3 Å². The van der Waals surface area contributed by atoms with Gasteiger partial charge in [0.15, 0.2) is 0 Å². The highest BCUT2D eigenvalue weighted by molar-refractivity contribution is 5.16. The zero-order valence-corrected chi connectivity index (χ0v) is 9.21. The summed E-state index contributed by atoms with van der Waals surface area (Å²) in [4.78, 5) is 0. The van der Waals surface area contributed by atoms with Crippen molar-refractivity contribution in [3.63, 3.8) is 0 Å². The summed E-state index contributed by atoms with van der Waals surface area (Å²) in [5, 5.41) is 0. The number of allylic oxidation sites excluding steroid dienone is 2. The molecule has 0 rings (SSSR count). The molecule has 0 radical (unpaired) electrons. The van der Waals surface area contributed by atoms with Gasteiger partial charge in [-0.05, 0) is 18.3 Å². The first kappa shape index (κ1) is 15.3. The molecule has 0 aliphatic carbocycles. The minimum absolute atomic E-state index is 0.243. The fourth-order valence-corrected chi connectivity index (χ4v) is 1.35. The summed E-state index contributed by atoms with van der Waals surface area (Å²) in [6.07, 6.45) is -10.2. The van der Waals surface area contributed by atoms with Gasteiger partial charge in [0.2, 0.25) is 0 Å². The topological polar surface area (TPSA) is 0 Å². The molecule has 0 N–H and O–H groups in total. The van der Waals surface area contributed by atoms with Gasteiger partial charge in [0.25, 0.3) is 0 Å². The van der Waals surface area contributed by atoms with Crippen LogP contribution in [0.25, 0.3) is 0 Å². The van der Waals surface area contributed by atoms with Gasteiger partial charge in [0.1, 0.15) is 5.57 Å². The first-order valence-electron chi connectivity index (χ1n) is 4.86. The standard InChI is InChI=1S/C10H14F6/c1-4-7(6(2)3)5-8(9(11,12)13)10(14,15)16/h5-7H,4H2,1-3H3. The molecular formula is C10H14F6. The molecule has 0 aromatic carbocycles. The van der Waals surface area contributed by atoms with E-state index in [0.29, 0.717) is 6.08 Å². The Morgan fingerprint density at radius 3 is 1.56 bits per heavy atom. The summed E-state index contributed by atoms with van der Waals surface area (Å²) in [7, 11) is 0. The van der Waals surface area contributed by atoms with E-state index in [1.807, 2.05) is 0 Å². The van der Waals surface area contributed by atoms with E-state index >= 15 is 0 Å². The second-order valence-electron chi connectivity index (χ2n) is 3.89. The summed E-state index contributed by atoms with van der Waals surface area (Å²) in [5.74, 6) is -0.983. The molecule has 96 valence electrons. The van der Waals surface area contributed by atoms with Gasteiger partial charge >= 0.3 is 12.4 Å². The molecule has 0 spiro atoms. The molecule has 0 aliphatic heterocycles. The van der Waals surface area contributed by atoms with Gasteiger partial charge in [-0.2, -0.15) is 26.3 Å². The van der Waals surface area contributed by atoms with Crippen LogP contribution in [0.3, 0.4) is 0 Å². The average Bonchev–Trinajstić information content (AvgIpc) is 1.99. The Balaban J connectivity index is 5.27. The van der Waals surface area contributed by atoms with Crippen molar-refractivity contribution in [3.05, 3.63) is 11.6 Å². The monoisotopic (exact) mass is 248 g/mol. The van der Waals surface area contributed by atoms with Crippen LogP contribution in [0, 0.1) is 11.8 Å². The number of hydrogen-bond donors (Lipinski definition) is 0. The fraction of sp³-hybridized carbons (Fsp3) is 0.800. The van der Waals surface area contributed by atoms with Gasteiger partial charge < -0.3 is 0 Å². The van der Waals surface area contributed by atoms with E-state index in [0.717, 1.165) is 0 Å². The van der Waals surface area contributed by atoms with E-state index in [2.05, 4.69) is 0 Å². The molecule has 1 unspecified atom stereocenters. The number of halogens is 6. The number of hydrogen-bond acceptors (Lipinski definition) is 0. The third-order valence-corrected chi connectivity index (χ3v) is 2.32. The van der Waals surface area contributed by atoms with Crippen molar-refractivity contribution in [2.45, 2.75) is 39.5 Å². The summed E-state index contributed by atoms with van der Waals surface area (Å²) in [5.41, 5.74) is -2.40. The predicted molar refractivity (Wildman–Crippen MR) is 48.8 cm³/mol. The lowest BCUT2D eigenvalue weighted by molar-refractivity contribution is -0.172. The van der Waals surface area contributed by atoms with Crippen molar-refractivity contribution >= 4 is 0 Å². The summed E-state index contributed by atoms with van der Waals surface area (Å²) < 4.78 is 73.1. The lowest BCUT2D eigenvalue weighted by atomic mass is 9.91. The maximum atomic E-state index is 12.2. The molecule has 0 saturated carbocycles. The third kappa shape index (κ3) is 4.45. The second-order valence-corrected chi connectivity index (χ2v) is 3.89. The molecule has 0 aliphatic rings. The Morgan fingerprint density at radius 1 is 1.00 bits per heavy atom. The van der Waals surface area contributed by atoms with Gasteiger partial charge in [-0.3, -0.25) is 0 Å². The SMILES string of the molecule is CCC(C=C(C(F)(F)F)C(F)(F)F)C(C)C. The molecule has 0 aromatic rings. The van der Waals surface area contributed by atoms with Crippen LogP contribution in [0.15, 0.2) is 11.6 Å². The van der Waals surface area contributed by atoms with Gasteiger partial charge in [0.05, 0.1) is 0 Å². The highest BCUT2D eigenvalue weighted by Gasteiger charge is 2.50. The molecule has 1 atom stereocenters. The highest BCUT2D eigenvalue weighted by Crippen LogP contribution is 2.40. The van der Waals surface area contributed by atoms with E-state index < -0.39 is 23.8 Å². The van der Waals surface area contributed by atoms with Crippen LogP contribution in [0.2, 0.25) is 0 Å². The van der Waals surface area contributed by atoms with Crippen molar-refractivity contribution in [3.8, 4) is 0 Å². The van der Waals surface area contributed by atoms with Crippen molar-refractivity contribution in [1.29, 1.82) is 0 Å². The van der Waals surface area contributed by atoms with Crippen molar-refractivity contribution in [1.82, 2.24) is 0 Å². The lowest BCUT2D eigenvalue weighted by Crippen LogP contribution is -2.27. The zero-order chi connectivity index (χ0) is 13.1. The van der Waals surface area contributed by atoms with Crippen LogP contribution >= 0.6 is 0 Å². The molecule has 0 amide bonds. The predicted octanol–water partition coefficient (Wildman–Crippen LogP) is 4.72. The number of alkyl halides is 6. The smallest absolute Gasteiger partial charge is 0.166 e. The molecule has 0 fully saturated rings. The van der Waals surface area contributed by atoms with Gasteiger partial charge in [-0.25, -0.2) is 0 Å². The Bertz CT molecular complexity index is 229. The maximum absolute atomic E-state index is 12.2. The van der Waals surface area contributed by atoms with Gasteiger partial charge in [-0.15, -0.1) is 0 Å². The van der Waals surface area contributed by atoms with E-state index in [4.69, 9.17) is 0 Å². The van der Waals surface area contributed by atoms with E-state index in [1.54, 1.807) is 20.8 Å². The summed E-state index contributed by atoms with van der Waals surface area (Å²) in [6, 6.07) is 0. The highest BCUT2D eigenvalue weighted by atomic mass is 19.4. The van der Waals surface area contributed by atoms with Crippen LogP contribution in [0.1, 0.15) is 27.2 Å². The molecule has 0 aromatic heterocycles. The van der Waals surface area contributed by atoms with E-state index in [1.165, 1.54) is 0 Å². The average molecular weight is 248 g/mol. The third-order valence-electron chi connectivity index (χ3n) is 2.32. The molecule has 0 bridgehead atoms. The summed E-state index contributed by atoms with van der Waals surface area (Å²) in [6.45, 7) is 4.75. The maximum Gasteiger partial charge on any atom is 0.421 e. The van der Waals surface area contributed by atoms with E-state index in [-0.39, 0.29) is 12.3 Å². The Morgan fingerprint density at radius 2 is 1.38 bits per heavy atom. The molecule has 16 heavy (non-hydrogen) atoms. The minimum atomic E-state index is -5.35. The molecule has 6 heteroatoms. The molecular weight excluding hydrogens is 234 g/mol. The van der Waals surface area contributed by atoms with E-state index in [9.17, 15) is 26.3 Å². The number of rotatable bonds is 3. The molecule has 0 saturated heterocycles. The normalized spacial score (nSPS) is 15.1.